The van der Waals surface area contributed by atoms with Crippen LogP contribution < -0.4 is 5.73 Å². The number of piperidine rings is 1. The number of amides is 1. The van der Waals surface area contributed by atoms with Gasteiger partial charge < -0.3 is 15.7 Å². The molecule has 3 N–H and O–H groups in total. The number of nitrogens with zero attached hydrogens (tertiary/aromatic N) is 1. The summed E-state index contributed by atoms with van der Waals surface area (Å²) in [5.41, 5.74) is 6.54. The molecule has 1 unspecified atom stereocenters. The maximum atomic E-state index is 12.6. The Bertz CT molecular complexity index is 429. The fraction of sp³-hybridized carbons (Fsp3) is 0.875. The molecule has 118 valence electrons. The summed E-state index contributed by atoms with van der Waals surface area (Å²) in [5, 5.41) is 9.05. The van der Waals surface area contributed by atoms with Crippen molar-refractivity contribution in [3.63, 3.8) is 0 Å². The molecule has 2 saturated carbocycles. The summed E-state index contributed by atoms with van der Waals surface area (Å²) >= 11 is 0. The Kier molecular flexibility index (Phi) is 3.95. The van der Waals surface area contributed by atoms with E-state index in [0.29, 0.717) is 18.9 Å². The lowest BCUT2D eigenvalue weighted by molar-refractivity contribution is -0.142. The van der Waals surface area contributed by atoms with E-state index in [1.807, 2.05) is 4.90 Å². The van der Waals surface area contributed by atoms with Gasteiger partial charge in [-0.2, -0.15) is 0 Å². The van der Waals surface area contributed by atoms with Gasteiger partial charge in [-0.3, -0.25) is 9.59 Å². The molecule has 1 heterocycles. The number of carbonyl (C=O) groups excluding carboxylic acids is 1. The van der Waals surface area contributed by atoms with Crippen molar-refractivity contribution in [3.8, 4) is 0 Å². The molecule has 1 saturated heterocycles. The van der Waals surface area contributed by atoms with Crippen molar-refractivity contribution < 1.29 is 14.7 Å². The van der Waals surface area contributed by atoms with Crippen LogP contribution in [0.1, 0.15) is 51.4 Å². The first-order valence-corrected chi connectivity index (χ1v) is 8.29. The maximum Gasteiger partial charge on any atom is 0.306 e. The highest BCUT2D eigenvalue weighted by Crippen LogP contribution is 2.46. The molecule has 3 rings (SSSR count). The Balaban J connectivity index is 1.55. The van der Waals surface area contributed by atoms with Crippen LogP contribution in [0.2, 0.25) is 0 Å². The zero-order chi connectivity index (χ0) is 15.0. The fourth-order valence-corrected chi connectivity index (χ4v) is 4.65. The Morgan fingerprint density at radius 3 is 2.24 bits per heavy atom. The van der Waals surface area contributed by atoms with E-state index >= 15 is 0 Å². The number of nitrogens with two attached hydrogens (primary N) is 1. The number of carboxylic acids is 1. The predicted octanol–water partition coefficient (Wildman–Crippen LogP) is 1.61. The van der Waals surface area contributed by atoms with Crippen molar-refractivity contribution in [1.29, 1.82) is 0 Å². The lowest BCUT2D eigenvalue weighted by Crippen LogP contribution is -2.49. The molecule has 2 aliphatic carbocycles. The second kappa shape index (κ2) is 5.59. The molecule has 1 aliphatic heterocycles. The smallest absolute Gasteiger partial charge is 0.306 e. The van der Waals surface area contributed by atoms with Gasteiger partial charge in [-0.1, -0.05) is 6.42 Å². The molecule has 5 heteroatoms. The molecular weight excluding hydrogens is 268 g/mol. The molecule has 0 aromatic carbocycles. The second-order valence-corrected chi connectivity index (χ2v) is 7.23. The van der Waals surface area contributed by atoms with Crippen molar-refractivity contribution in [2.45, 2.75) is 57.4 Å². The fourth-order valence-electron chi connectivity index (χ4n) is 4.65. The van der Waals surface area contributed by atoms with Gasteiger partial charge in [0.2, 0.25) is 5.91 Å². The third-order valence-electron chi connectivity index (χ3n) is 6.18. The minimum Gasteiger partial charge on any atom is -0.481 e. The summed E-state index contributed by atoms with van der Waals surface area (Å²) in [6, 6.07) is 0.303. The van der Waals surface area contributed by atoms with Crippen molar-refractivity contribution in [1.82, 2.24) is 4.90 Å². The molecule has 1 amide bonds. The molecule has 0 bridgehead atoms. The minimum absolute atomic E-state index is 0.0719. The highest BCUT2D eigenvalue weighted by atomic mass is 16.4. The number of aliphatic carboxylic acids is 1. The lowest BCUT2D eigenvalue weighted by Gasteiger charge is -2.42. The summed E-state index contributed by atoms with van der Waals surface area (Å²) in [5.74, 6) is -0.962. The number of rotatable bonds is 2. The molecule has 3 fully saturated rings. The van der Waals surface area contributed by atoms with Crippen molar-refractivity contribution in [3.05, 3.63) is 0 Å². The van der Waals surface area contributed by atoms with Crippen molar-refractivity contribution in [2.75, 3.05) is 13.1 Å². The molecule has 1 spiro atoms. The Labute approximate surface area is 125 Å². The third kappa shape index (κ3) is 2.68. The van der Waals surface area contributed by atoms with Crippen LogP contribution in [-0.4, -0.2) is 41.0 Å². The number of hydrogen-bond donors (Lipinski definition) is 2. The normalized spacial score (nSPS) is 35.3. The van der Waals surface area contributed by atoms with E-state index in [1.165, 1.54) is 12.8 Å². The average Bonchev–Trinajstić information content (AvgIpc) is 3.08. The minimum atomic E-state index is -0.750. The number of carbonyl (C=O) groups is 2. The highest BCUT2D eigenvalue weighted by Gasteiger charge is 2.44. The van der Waals surface area contributed by atoms with Gasteiger partial charge in [-0.05, 0) is 50.4 Å². The molecule has 5 nitrogen and oxygen atoms in total. The zero-order valence-electron chi connectivity index (χ0n) is 12.6. The van der Waals surface area contributed by atoms with E-state index in [-0.39, 0.29) is 23.2 Å². The van der Waals surface area contributed by atoms with Crippen molar-refractivity contribution in [2.24, 2.45) is 23.0 Å². The van der Waals surface area contributed by atoms with E-state index in [2.05, 4.69) is 0 Å². The summed E-state index contributed by atoms with van der Waals surface area (Å²) in [6.45, 7) is 1.61. The van der Waals surface area contributed by atoms with E-state index < -0.39 is 5.97 Å². The summed E-state index contributed by atoms with van der Waals surface area (Å²) < 4.78 is 0. The van der Waals surface area contributed by atoms with Crippen LogP contribution in [0.4, 0.5) is 0 Å². The first-order chi connectivity index (χ1) is 10.0. The Morgan fingerprint density at radius 1 is 1.05 bits per heavy atom. The second-order valence-electron chi connectivity index (χ2n) is 7.23. The highest BCUT2D eigenvalue weighted by molar-refractivity contribution is 5.81. The topological polar surface area (TPSA) is 83.6 Å². The molecule has 0 aromatic rings. The standard InChI is InChI=1S/C16H26N2O3/c17-13-2-1-5-16(13)6-8-18(9-7-16)14(19)11-3-4-12(10-11)15(20)21/h11-13H,1-10,17H2,(H,20,21)/t11-,12+,13?/m1/s1. The first kappa shape index (κ1) is 14.8. The van der Waals surface area contributed by atoms with Crippen LogP contribution in [0.5, 0.6) is 0 Å². The summed E-state index contributed by atoms with van der Waals surface area (Å²) in [7, 11) is 0. The quantitative estimate of drug-likeness (QED) is 0.810. The molecule has 3 aliphatic rings. The van der Waals surface area contributed by atoms with Gasteiger partial charge in [0.05, 0.1) is 5.92 Å². The maximum absolute atomic E-state index is 12.6. The monoisotopic (exact) mass is 294 g/mol. The van der Waals surface area contributed by atoms with Crippen LogP contribution >= 0.6 is 0 Å². The zero-order valence-corrected chi connectivity index (χ0v) is 12.6. The summed E-state index contributed by atoms with van der Waals surface area (Å²) in [6.07, 6.45) is 7.50. The van der Waals surface area contributed by atoms with Crippen LogP contribution in [0.25, 0.3) is 0 Å². The van der Waals surface area contributed by atoms with E-state index in [9.17, 15) is 9.59 Å². The Morgan fingerprint density at radius 2 is 1.71 bits per heavy atom. The van der Waals surface area contributed by atoms with E-state index in [1.54, 1.807) is 0 Å². The van der Waals surface area contributed by atoms with Gasteiger partial charge in [0.25, 0.3) is 0 Å². The molecule has 21 heavy (non-hydrogen) atoms. The average molecular weight is 294 g/mol. The SMILES string of the molecule is NC1CCCC12CCN(C(=O)[C@@H]1CC[C@H](C(=O)O)C1)CC2. The third-order valence-corrected chi connectivity index (χ3v) is 6.18. The van der Waals surface area contributed by atoms with Gasteiger partial charge in [0.1, 0.15) is 0 Å². The van der Waals surface area contributed by atoms with Crippen LogP contribution in [0.3, 0.4) is 0 Å². The van der Waals surface area contributed by atoms with Gasteiger partial charge in [0.15, 0.2) is 0 Å². The summed E-state index contributed by atoms with van der Waals surface area (Å²) in [4.78, 5) is 25.5. The van der Waals surface area contributed by atoms with Gasteiger partial charge >= 0.3 is 5.97 Å². The molecule has 3 atom stereocenters. The lowest BCUT2D eigenvalue weighted by atomic mass is 9.74. The number of carboxylic acid groups (broad SMARTS) is 1. The largest absolute Gasteiger partial charge is 0.481 e. The van der Waals surface area contributed by atoms with Gasteiger partial charge in [0, 0.05) is 25.0 Å². The number of likely N-dealkylation sites (tertiary alicyclic amines) is 1. The van der Waals surface area contributed by atoms with Crippen LogP contribution in [-0.2, 0) is 9.59 Å². The number of hydrogen-bond acceptors (Lipinski definition) is 3. The van der Waals surface area contributed by atoms with Crippen molar-refractivity contribution >= 4 is 11.9 Å². The van der Waals surface area contributed by atoms with E-state index in [4.69, 9.17) is 10.8 Å². The Hall–Kier alpha value is -1.10. The van der Waals surface area contributed by atoms with Gasteiger partial charge in [-0.25, -0.2) is 0 Å². The van der Waals surface area contributed by atoms with Gasteiger partial charge in [-0.15, -0.1) is 0 Å². The molecule has 0 radical (unpaired) electrons. The first-order valence-electron chi connectivity index (χ1n) is 8.29. The van der Waals surface area contributed by atoms with Crippen LogP contribution in [0.15, 0.2) is 0 Å². The molecule has 0 aromatic heterocycles. The molecular formula is C16H26N2O3. The van der Waals surface area contributed by atoms with E-state index in [0.717, 1.165) is 38.8 Å². The van der Waals surface area contributed by atoms with Crippen LogP contribution in [0, 0.1) is 17.3 Å². The predicted molar refractivity (Wildman–Crippen MR) is 78.5 cm³/mol.